The van der Waals surface area contributed by atoms with Crippen molar-refractivity contribution in [2.45, 2.75) is 68.9 Å². The number of aromatic amines is 1. The fraction of sp³-hybridized carbons (Fsp3) is 0.545. The van der Waals surface area contributed by atoms with Gasteiger partial charge in [-0.1, -0.05) is 24.6 Å². The Morgan fingerprint density at radius 1 is 1.00 bits per heavy atom. The number of carbonyl (C=O) groups is 3. The predicted molar refractivity (Wildman–Crippen MR) is 161 cm³/mol. The molecule has 0 radical (unpaired) electrons. The maximum absolute atomic E-state index is 14.3. The van der Waals surface area contributed by atoms with Crippen LogP contribution in [0.5, 0.6) is 0 Å². The van der Waals surface area contributed by atoms with E-state index in [0.717, 1.165) is 48.1 Å². The number of hydrogen-bond acceptors (Lipinski definition) is 6. The smallest absolute Gasteiger partial charge is 0.255 e. The van der Waals surface area contributed by atoms with Crippen LogP contribution < -0.4 is 10.2 Å². The van der Waals surface area contributed by atoms with E-state index in [4.69, 9.17) is 0 Å². The first kappa shape index (κ1) is 26.7. The molecule has 8 rings (SSSR count). The van der Waals surface area contributed by atoms with E-state index in [1.807, 2.05) is 35.2 Å². The molecule has 4 unspecified atom stereocenters. The summed E-state index contributed by atoms with van der Waals surface area (Å²) in [5.74, 6) is 2.17. The van der Waals surface area contributed by atoms with Gasteiger partial charge in [0.25, 0.3) is 11.8 Å². The summed E-state index contributed by atoms with van der Waals surface area (Å²) in [5, 5.41) is 11.1. The van der Waals surface area contributed by atoms with Gasteiger partial charge in [0, 0.05) is 35.9 Å². The van der Waals surface area contributed by atoms with Crippen LogP contribution in [0.1, 0.15) is 68.1 Å². The molecule has 10 nitrogen and oxygen atoms in total. The maximum atomic E-state index is 14.3. The van der Waals surface area contributed by atoms with Crippen molar-refractivity contribution in [3.63, 3.8) is 0 Å². The molecule has 2 aliphatic heterocycles. The van der Waals surface area contributed by atoms with Crippen LogP contribution in [0.3, 0.4) is 0 Å². The molecule has 3 bridgehead atoms. The quantitative estimate of drug-likeness (QED) is 0.475. The Hall–Kier alpha value is -3.95. The monoisotopic (exact) mass is 581 g/mol. The lowest BCUT2D eigenvalue weighted by atomic mass is 9.54. The summed E-state index contributed by atoms with van der Waals surface area (Å²) >= 11 is 0. The van der Waals surface area contributed by atoms with Crippen LogP contribution in [0.25, 0.3) is 11.0 Å². The van der Waals surface area contributed by atoms with Gasteiger partial charge in [0.2, 0.25) is 5.91 Å². The molecular formula is C33H39N7O3. The normalized spacial score (nSPS) is 29.4. The standard InChI is InChI=1S/C33H39N7O3/c41-28(36-32-9-8-23-7-6-22(16-32)14-24(23)17-32)20-39-21-40(27-4-2-1-3-5-27)33(31(39)43)10-12-38(13-11-33)30(42)26-15-25-19-35-37-29(25)34-18-26/h1-5,15,18-19,22-24H,6-14,16-17,20-21H2,(H,36,41)(H,34,35,37). The van der Waals surface area contributed by atoms with Gasteiger partial charge in [-0.25, -0.2) is 4.98 Å². The molecule has 1 spiro atoms. The van der Waals surface area contributed by atoms with E-state index in [1.165, 1.54) is 25.7 Å². The number of pyridine rings is 1. The first-order valence-corrected chi connectivity index (χ1v) is 15.9. The molecule has 2 saturated heterocycles. The lowest BCUT2D eigenvalue weighted by Crippen LogP contribution is -2.60. The Balaban J connectivity index is 0.990. The number of amides is 3. The van der Waals surface area contributed by atoms with Crippen LogP contribution in [0.4, 0.5) is 5.69 Å². The fourth-order valence-electron chi connectivity index (χ4n) is 9.25. The molecule has 43 heavy (non-hydrogen) atoms. The summed E-state index contributed by atoms with van der Waals surface area (Å²) in [4.78, 5) is 51.3. The van der Waals surface area contributed by atoms with Crippen molar-refractivity contribution >= 4 is 34.4 Å². The molecule has 3 aromatic rings. The number of likely N-dealkylation sites (tertiary alicyclic amines) is 1. The second kappa shape index (κ2) is 10.1. The van der Waals surface area contributed by atoms with Gasteiger partial charge in [-0.2, -0.15) is 5.10 Å². The lowest BCUT2D eigenvalue weighted by Gasteiger charge is -2.55. The van der Waals surface area contributed by atoms with E-state index in [-0.39, 0.29) is 29.8 Å². The Morgan fingerprint density at radius 3 is 2.67 bits per heavy atom. The van der Waals surface area contributed by atoms with E-state index in [0.29, 0.717) is 43.8 Å². The van der Waals surface area contributed by atoms with Crippen molar-refractivity contribution in [1.82, 2.24) is 30.3 Å². The fourth-order valence-corrected chi connectivity index (χ4v) is 9.25. The van der Waals surface area contributed by atoms with Crippen molar-refractivity contribution in [3.05, 3.63) is 54.4 Å². The number of aromatic nitrogens is 3. The first-order chi connectivity index (χ1) is 20.9. The van der Waals surface area contributed by atoms with Crippen molar-refractivity contribution in [3.8, 4) is 0 Å². The summed E-state index contributed by atoms with van der Waals surface area (Å²) < 4.78 is 0. The van der Waals surface area contributed by atoms with Crippen LogP contribution in [-0.4, -0.2) is 80.1 Å². The number of fused-ring (bicyclic) bond motifs is 3. The number of benzene rings is 1. The molecule has 1 aromatic carbocycles. The Morgan fingerprint density at radius 2 is 1.84 bits per heavy atom. The first-order valence-electron chi connectivity index (χ1n) is 15.9. The highest BCUT2D eigenvalue weighted by atomic mass is 16.2. The minimum Gasteiger partial charge on any atom is -0.349 e. The number of para-hydroxylation sites is 1. The van der Waals surface area contributed by atoms with Crippen LogP contribution in [-0.2, 0) is 9.59 Å². The van der Waals surface area contributed by atoms with Gasteiger partial charge in [0.1, 0.15) is 12.1 Å². The number of hydrogen-bond donors (Lipinski definition) is 2. The largest absolute Gasteiger partial charge is 0.349 e. The summed E-state index contributed by atoms with van der Waals surface area (Å²) in [7, 11) is 0. The zero-order chi connectivity index (χ0) is 29.2. The molecule has 3 saturated carbocycles. The minimum atomic E-state index is -0.788. The number of piperidine rings is 1. The van der Waals surface area contributed by atoms with Gasteiger partial charge in [0.15, 0.2) is 5.65 Å². The van der Waals surface area contributed by atoms with Crippen molar-refractivity contribution in [2.24, 2.45) is 17.8 Å². The number of H-pyrrole nitrogens is 1. The van der Waals surface area contributed by atoms with Gasteiger partial charge >= 0.3 is 0 Å². The lowest BCUT2D eigenvalue weighted by molar-refractivity contribution is -0.138. The molecule has 2 N–H and O–H groups in total. The molecular weight excluding hydrogens is 542 g/mol. The molecule has 4 heterocycles. The van der Waals surface area contributed by atoms with Crippen LogP contribution in [0.2, 0.25) is 0 Å². The van der Waals surface area contributed by atoms with E-state index in [1.54, 1.807) is 23.4 Å². The van der Waals surface area contributed by atoms with Crippen molar-refractivity contribution < 1.29 is 14.4 Å². The average Bonchev–Trinajstić information content (AvgIpc) is 3.59. The number of rotatable bonds is 5. The molecule has 5 aliphatic rings. The Bertz CT molecular complexity index is 1560. The Labute approximate surface area is 251 Å². The second-order valence-corrected chi connectivity index (χ2v) is 13.7. The van der Waals surface area contributed by atoms with Gasteiger partial charge < -0.3 is 20.0 Å². The third kappa shape index (κ3) is 4.48. The number of nitrogens with zero attached hydrogens (tertiary/aromatic N) is 5. The van der Waals surface area contributed by atoms with Crippen molar-refractivity contribution in [1.29, 1.82) is 0 Å². The van der Waals surface area contributed by atoms with E-state index >= 15 is 0 Å². The van der Waals surface area contributed by atoms with E-state index < -0.39 is 5.54 Å². The van der Waals surface area contributed by atoms with Gasteiger partial charge in [-0.15, -0.1) is 0 Å². The highest BCUT2D eigenvalue weighted by Gasteiger charge is 2.55. The van der Waals surface area contributed by atoms with Gasteiger partial charge in [0.05, 0.1) is 18.4 Å². The zero-order valence-electron chi connectivity index (χ0n) is 24.5. The minimum absolute atomic E-state index is 0.0122. The number of carbonyl (C=O) groups excluding carboxylic acids is 3. The van der Waals surface area contributed by atoms with Crippen LogP contribution in [0.15, 0.2) is 48.8 Å². The molecule has 224 valence electrons. The topological polar surface area (TPSA) is 115 Å². The number of anilines is 1. The Kier molecular flexibility index (Phi) is 6.24. The molecule has 5 fully saturated rings. The highest BCUT2D eigenvalue weighted by Crippen LogP contribution is 2.54. The van der Waals surface area contributed by atoms with Crippen LogP contribution in [0, 0.1) is 17.8 Å². The molecule has 4 atom stereocenters. The second-order valence-electron chi connectivity index (χ2n) is 13.7. The van der Waals surface area contributed by atoms with E-state index in [9.17, 15) is 14.4 Å². The molecule has 2 aromatic heterocycles. The maximum Gasteiger partial charge on any atom is 0.255 e. The highest BCUT2D eigenvalue weighted by molar-refractivity contribution is 5.99. The third-order valence-electron chi connectivity index (χ3n) is 11.3. The summed E-state index contributed by atoms with van der Waals surface area (Å²) in [6.45, 7) is 1.34. The summed E-state index contributed by atoms with van der Waals surface area (Å²) in [5.41, 5.74) is 1.24. The third-order valence-corrected chi connectivity index (χ3v) is 11.3. The molecule has 10 heteroatoms. The summed E-state index contributed by atoms with van der Waals surface area (Å²) in [6, 6.07) is 11.8. The SMILES string of the molecule is O=C(CN1CN(c2ccccc2)C2(CCN(C(=O)c3cnc4[nH]ncc4c3)CC2)C1=O)NC12CCC3CCC(CC3C1)C2. The molecule has 3 aliphatic carbocycles. The predicted octanol–water partition coefficient (Wildman–Crippen LogP) is 3.71. The van der Waals surface area contributed by atoms with Gasteiger partial charge in [-0.3, -0.25) is 19.5 Å². The average molecular weight is 582 g/mol. The molecule has 3 amide bonds. The number of nitrogens with one attached hydrogen (secondary N) is 2. The zero-order valence-corrected chi connectivity index (χ0v) is 24.5. The van der Waals surface area contributed by atoms with Crippen molar-refractivity contribution in [2.75, 3.05) is 31.2 Å². The van der Waals surface area contributed by atoms with E-state index in [2.05, 4.69) is 25.4 Å². The van der Waals surface area contributed by atoms with Gasteiger partial charge in [-0.05, 0) is 87.3 Å². The summed E-state index contributed by atoms with van der Waals surface area (Å²) in [6.07, 6.45) is 12.7. The van der Waals surface area contributed by atoms with Crippen LogP contribution >= 0.6 is 0 Å².